The Labute approximate surface area is 236 Å². The highest BCUT2D eigenvalue weighted by Crippen LogP contribution is 2.26. The predicted molar refractivity (Wildman–Crippen MR) is 150 cm³/mol. The summed E-state index contributed by atoms with van der Waals surface area (Å²) in [5, 5.41) is 8.50. The lowest BCUT2D eigenvalue weighted by Crippen LogP contribution is -2.58. The van der Waals surface area contributed by atoms with E-state index in [-0.39, 0.29) is 42.8 Å². The van der Waals surface area contributed by atoms with Gasteiger partial charge in [-0.05, 0) is 35.6 Å². The molecule has 4 rings (SSSR count). The first-order chi connectivity index (χ1) is 19.3. The molecule has 3 aromatic rings. The molecule has 12 heteroatoms. The second-order valence-corrected chi connectivity index (χ2v) is 11.4. The number of nitrogens with zero attached hydrogens (tertiary/aromatic N) is 1. The topological polar surface area (TPSA) is 149 Å². The highest BCUT2D eigenvalue weighted by Gasteiger charge is 2.44. The van der Waals surface area contributed by atoms with E-state index in [1.165, 1.54) is 4.90 Å². The zero-order valence-electron chi connectivity index (χ0n) is 23.1. The van der Waals surface area contributed by atoms with E-state index in [1.54, 1.807) is 6.20 Å². The summed E-state index contributed by atoms with van der Waals surface area (Å²) in [5.74, 6) is -3.48. The first-order valence-corrected chi connectivity index (χ1v) is 13.3. The molecule has 3 atom stereocenters. The van der Waals surface area contributed by atoms with Crippen molar-refractivity contribution in [2.75, 3.05) is 11.9 Å². The quantitative estimate of drug-likeness (QED) is 0.284. The summed E-state index contributed by atoms with van der Waals surface area (Å²) in [6, 6.07) is 6.24. The summed E-state index contributed by atoms with van der Waals surface area (Å²) in [4.78, 5) is 56.6. The summed E-state index contributed by atoms with van der Waals surface area (Å²) >= 11 is 0. The van der Waals surface area contributed by atoms with Gasteiger partial charge in [0.15, 0.2) is 0 Å². The SMILES string of the molecule is CC(C)(C)CC(=O)N1CC[C@H](NC(=O)Nc2ccc(F)cc2F)[C@H]1C(=O)N[C@H](Cc1c[nH]c2ccccc12)C(N)=O. The fraction of sp³-hybridized carbons (Fsp3) is 0.379. The average Bonchev–Trinajstić information content (AvgIpc) is 3.48. The van der Waals surface area contributed by atoms with Crippen LogP contribution < -0.4 is 21.7 Å². The molecule has 1 aliphatic rings. The number of H-pyrrole nitrogens is 1. The van der Waals surface area contributed by atoms with Gasteiger partial charge in [0.1, 0.15) is 23.7 Å². The van der Waals surface area contributed by atoms with E-state index >= 15 is 0 Å². The van der Waals surface area contributed by atoms with Crippen molar-refractivity contribution in [2.24, 2.45) is 11.1 Å². The van der Waals surface area contributed by atoms with Gasteiger partial charge < -0.3 is 31.6 Å². The fourth-order valence-electron chi connectivity index (χ4n) is 5.02. The number of aromatic amines is 1. The summed E-state index contributed by atoms with van der Waals surface area (Å²) in [6.45, 7) is 5.84. The number of anilines is 1. The Balaban J connectivity index is 1.54. The number of para-hydroxylation sites is 1. The maximum atomic E-state index is 14.1. The minimum absolute atomic E-state index is 0.107. The lowest BCUT2D eigenvalue weighted by atomic mass is 9.91. The molecule has 1 saturated heterocycles. The molecule has 0 spiro atoms. The molecule has 41 heavy (non-hydrogen) atoms. The second-order valence-electron chi connectivity index (χ2n) is 11.4. The zero-order chi connectivity index (χ0) is 29.9. The average molecular weight is 569 g/mol. The van der Waals surface area contributed by atoms with Gasteiger partial charge in [-0.2, -0.15) is 0 Å². The van der Waals surface area contributed by atoms with Crippen molar-refractivity contribution >= 4 is 40.3 Å². The van der Waals surface area contributed by atoms with Crippen LogP contribution in [0.15, 0.2) is 48.7 Å². The number of likely N-dealkylation sites (tertiary alicyclic amines) is 1. The number of primary amides is 1. The third kappa shape index (κ3) is 7.19. The Morgan fingerprint density at radius 2 is 1.85 bits per heavy atom. The van der Waals surface area contributed by atoms with Crippen molar-refractivity contribution in [3.05, 3.63) is 65.9 Å². The van der Waals surface area contributed by atoms with E-state index in [2.05, 4.69) is 20.9 Å². The van der Waals surface area contributed by atoms with Crippen LogP contribution in [-0.4, -0.2) is 58.3 Å². The molecule has 0 saturated carbocycles. The van der Waals surface area contributed by atoms with Gasteiger partial charge in [0.25, 0.3) is 0 Å². The standard InChI is InChI=1S/C29H34F2N6O4/c1-29(2,3)14-24(38)37-11-10-22(36-28(41)35-21-9-8-17(30)13-19(21)31)25(37)27(40)34-23(26(32)39)12-16-15-33-20-7-5-4-6-18(16)20/h4-9,13,15,22-23,25,33H,10-12,14H2,1-3H3,(H2,32,39)(H,34,40)(H2,35,36,41)/t22-,23+,25-/m0/s1. The van der Waals surface area contributed by atoms with Crippen LogP contribution >= 0.6 is 0 Å². The number of urea groups is 1. The molecule has 1 fully saturated rings. The molecule has 1 aromatic heterocycles. The monoisotopic (exact) mass is 568 g/mol. The normalized spacial score (nSPS) is 17.7. The van der Waals surface area contributed by atoms with Gasteiger partial charge in [-0.15, -0.1) is 0 Å². The van der Waals surface area contributed by atoms with Crippen molar-refractivity contribution in [3.8, 4) is 0 Å². The Bertz CT molecular complexity index is 1470. The van der Waals surface area contributed by atoms with Crippen molar-refractivity contribution in [2.45, 2.75) is 58.2 Å². The smallest absolute Gasteiger partial charge is 0.319 e. The summed E-state index contributed by atoms with van der Waals surface area (Å²) in [5.41, 5.74) is 6.67. The molecule has 2 heterocycles. The third-order valence-corrected chi connectivity index (χ3v) is 6.92. The predicted octanol–water partition coefficient (Wildman–Crippen LogP) is 3.19. The van der Waals surface area contributed by atoms with Crippen LogP contribution in [0.5, 0.6) is 0 Å². The molecule has 0 aliphatic carbocycles. The zero-order valence-corrected chi connectivity index (χ0v) is 23.1. The Kier molecular flexibility index (Phi) is 8.60. The van der Waals surface area contributed by atoms with E-state index in [9.17, 15) is 28.0 Å². The molecular formula is C29H34F2N6O4. The number of fused-ring (bicyclic) bond motifs is 1. The van der Waals surface area contributed by atoms with Gasteiger partial charge in [-0.25, -0.2) is 13.6 Å². The number of amides is 5. The maximum Gasteiger partial charge on any atom is 0.319 e. The number of nitrogens with one attached hydrogen (secondary N) is 4. The van der Waals surface area contributed by atoms with Gasteiger partial charge in [0, 0.05) is 42.6 Å². The molecular weight excluding hydrogens is 534 g/mol. The summed E-state index contributed by atoms with van der Waals surface area (Å²) in [7, 11) is 0. The number of hydrogen-bond donors (Lipinski definition) is 5. The number of carbonyl (C=O) groups is 4. The van der Waals surface area contributed by atoms with Gasteiger partial charge >= 0.3 is 6.03 Å². The van der Waals surface area contributed by atoms with Crippen LogP contribution in [0.4, 0.5) is 19.3 Å². The van der Waals surface area contributed by atoms with Crippen LogP contribution in [0.2, 0.25) is 0 Å². The van der Waals surface area contributed by atoms with Crippen molar-refractivity contribution in [3.63, 3.8) is 0 Å². The number of benzene rings is 2. The lowest BCUT2D eigenvalue weighted by Gasteiger charge is -2.31. The molecule has 10 nitrogen and oxygen atoms in total. The highest BCUT2D eigenvalue weighted by atomic mass is 19.1. The minimum atomic E-state index is -1.15. The van der Waals surface area contributed by atoms with Gasteiger partial charge in [0.05, 0.1) is 11.7 Å². The number of halogens is 2. The molecule has 218 valence electrons. The second kappa shape index (κ2) is 11.9. The minimum Gasteiger partial charge on any atom is -0.368 e. The fourth-order valence-corrected chi connectivity index (χ4v) is 5.02. The number of carbonyl (C=O) groups excluding carboxylic acids is 4. The van der Waals surface area contributed by atoms with E-state index < -0.39 is 47.6 Å². The van der Waals surface area contributed by atoms with Crippen LogP contribution in [0.3, 0.4) is 0 Å². The van der Waals surface area contributed by atoms with E-state index in [1.807, 2.05) is 45.0 Å². The molecule has 1 aliphatic heterocycles. The van der Waals surface area contributed by atoms with Crippen LogP contribution in [0.25, 0.3) is 10.9 Å². The van der Waals surface area contributed by atoms with Gasteiger partial charge in [-0.1, -0.05) is 39.0 Å². The number of aromatic nitrogens is 1. The molecule has 0 bridgehead atoms. The molecule has 6 N–H and O–H groups in total. The summed E-state index contributed by atoms with van der Waals surface area (Å²) < 4.78 is 27.3. The summed E-state index contributed by atoms with van der Waals surface area (Å²) in [6.07, 6.45) is 2.23. The first-order valence-electron chi connectivity index (χ1n) is 13.3. The first kappa shape index (κ1) is 29.5. The van der Waals surface area contributed by atoms with Crippen molar-refractivity contribution in [1.29, 1.82) is 0 Å². The molecule has 2 aromatic carbocycles. The van der Waals surface area contributed by atoms with Crippen molar-refractivity contribution in [1.82, 2.24) is 20.5 Å². The maximum absolute atomic E-state index is 14.1. The van der Waals surface area contributed by atoms with Crippen molar-refractivity contribution < 1.29 is 28.0 Å². The third-order valence-electron chi connectivity index (χ3n) is 6.92. The molecule has 5 amide bonds. The van der Waals surface area contributed by atoms with Gasteiger partial charge in [-0.3, -0.25) is 14.4 Å². The Morgan fingerprint density at radius 3 is 2.54 bits per heavy atom. The van der Waals surface area contributed by atoms with E-state index in [4.69, 9.17) is 5.73 Å². The molecule has 0 radical (unpaired) electrons. The van der Waals surface area contributed by atoms with Crippen LogP contribution in [-0.2, 0) is 20.8 Å². The Morgan fingerprint density at radius 1 is 1.12 bits per heavy atom. The number of hydrogen-bond acceptors (Lipinski definition) is 4. The van der Waals surface area contributed by atoms with E-state index in [0.717, 1.165) is 28.6 Å². The highest BCUT2D eigenvalue weighted by molar-refractivity contribution is 5.95. The number of nitrogens with two attached hydrogens (primary N) is 1. The number of rotatable bonds is 8. The van der Waals surface area contributed by atoms with Gasteiger partial charge in [0.2, 0.25) is 17.7 Å². The lowest BCUT2D eigenvalue weighted by molar-refractivity contribution is -0.141. The Hall–Kier alpha value is -4.48. The largest absolute Gasteiger partial charge is 0.368 e. The van der Waals surface area contributed by atoms with Crippen LogP contribution in [0.1, 0.15) is 39.2 Å². The molecule has 0 unspecified atom stereocenters. The van der Waals surface area contributed by atoms with E-state index in [0.29, 0.717) is 6.07 Å². The van der Waals surface area contributed by atoms with Crippen LogP contribution in [0, 0.1) is 17.0 Å².